The van der Waals surface area contributed by atoms with Crippen molar-refractivity contribution in [3.05, 3.63) is 68.9 Å². The number of aryl methyl sites for hydroxylation is 1. The first-order valence-electron chi connectivity index (χ1n) is 6.03. The summed E-state index contributed by atoms with van der Waals surface area (Å²) in [6.07, 6.45) is 0.197. The van der Waals surface area contributed by atoms with E-state index < -0.39 is 0 Å². The molecule has 0 radical (unpaired) electrons. The van der Waals surface area contributed by atoms with Gasteiger partial charge in [-0.3, -0.25) is 4.79 Å². The molecule has 0 saturated carbocycles. The first kappa shape index (κ1) is 13.9. The predicted molar refractivity (Wildman–Crippen MR) is 78.1 cm³/mol. The van der Waals surface area contributed by atoms with Crippen LogP contribution in [0.4, 0.5) is 4.39 Å². The number of rotatable bonds is 3. The van der Waals surface area contributed by atoms with Gasteiger partial charge >= 0.3 is 0 Å². The van der Waals surface area contributed by atoms with Gasteiger partial charge in [0.25, 0.3) is 0 Å². The topological polar surface area (TPSA) is 17.1 Å². The van der Waals surface area contributed by atoms with Crippen molar-refractivity contribution in [2.75, 3.05) is 0 Å². The Morgan fingerprint density at radius 1 is 1.16 bits per heavy atom. The lowest BCUT2D eigenvalue weighted by Gasteiger charge is -2.09. The molecule has 1 nitrogen and oxygen atoms in total. The molecule has 0 atom stereocenters. The first-order valence-corrected chi connectivity index (χ1v) is 6.82. The van der Waals surface area contributed by atoms with Gasteiger partial charge in [0.1, 0.15) is 5.82 Å². The van der Waals surface area contributed by atoms with E-state index in [9.17, 15) is 9.18 Å². The molecule has 0 heterocycles. The summed E-state index contributed by atoms with van der Waals surface area (Å²) in [5.41, 5.74) is 3.45. The minimum absolute atomic E-state index is 0.00694. The van der Waals surface area contributed by atoms with Crippen LogP contribution in [0.25, 0.3) is 0 Å². The van der Waals surface area contributed by atoms with Gasteiger partial charge in [-0.2, -0.15) is 0 Å². The van der Waals surface area contributed by atoms with E-state index in [2.05, 4.69) is 15.9 Å². The average molecular weight is 321 g/mol. The Labute approximate surface area is 120 Å². The zero-order chi connectivity index (χ0) is 14.0. The number of ketones is 1. The minimum atomic E-state index is -0.341. The molecule has 2 aromatic rings. The molecule has 3 heteroatoms. The van der Waals surface area contributed by atoms with Crippen molar-refractivity contribution in [2.24, 2.45) is 0 Å². The number of hydrogen-bond donors (Lipinski definition) is 0. The molecule has 0 spiro atoms. The summed E-state index contributed by atoms with van der Waals surface area (Å²) in [5.74, 6) is -0.334. The zero-order valence-corrected chi connectivity index (χ0v) is 12.4. The quantitative estimate of drug-likeness (QED) is 0.753. The summed E-state index contributed by atoms with van der Waals surface area (Å²) in [4.78, 5) is 12.3. The summed E-state index contributed by atoms with van der Waals surface area (Å²) in [6.45, 7) is 3.91. The van der Waals surface area contributed by atoms with Crippen LogP contribution < -0.4 is 0 Å². The number of benzene rings is 2. The molecule has 0 N–H and O–H groups in total. The fraction of sp³-hybridized carbons (Fsp3) is 0.188. The van der Waals surface area contributed by atoms with E-state index in [4.69, 9.17) is 0 Å². The molecule has 0 aliphatic heterocycles. The highest BCUT2D eigenvalue weighted by molar-refractivity contribution is 9.10. The van der Waals surface area contributed by atoms with Crippen molar-refractivity contribution in [2.45, 2.75) is 20.3 Å². The fourth-order valence-corrected chi connectivity index (χ4v) is 2.41. The molecule has 0 saturated heterocycles. The molecule has 2 aromatic carbocycles. The van der Waals surface area contributed by atoms with Crippen molar-refractivity contribution in [1.29, 1.82) is 0 Å². The molecular formula is C16H14BrFO. The lowest BCUT2D eigenvalue weighted by atomic mass is 9.96. The number of hydrogen-bond acceptors (Lipinski definition) is 1. The highest BCUT2D eigenvalue weighted by Gasteiger charge is 2.14. The second-order valence-corrected chi connectivity index (χ2v) is 5.35. The Morgan fingerprint density at radius 3 is 2.58 bits per heavy atom. The fourth-order valence-electron chi connectivity index (χ4n) is 2.01. The Bertz CT molecular complexity index is 635. The standard InChI is InChI=1S/C16H14BrFO/c1-10-5-3-7-13(11(10)2)15(19)9-12-6-4-8-14(18)16(12)17/h3-8H,9H2,1-2H3. The van der Waals surface area contributed by atoms with E-state index in [-0.39, 0.29) is 18.0 Å². The second-order valence-electron chi connectivity index (χ2n) is 4.56. The number of carbonyl (C=O) groups is 1. The summed E-state index contributed by atoms with van der Waals surface area (Å²) >= 11 is 3.19. The monoisotopic (exact) mass is 320 g/mol. The van der Waals surface area contributed by atoms with Crippen LogP contribution in [0.3, 0.4) is 0 Å². The van der Waals surface area contributed by atoms with Crippen molar-refractivity contribution >= 4 is 21.7 Å². The van der Waals surface area contributed by atoms with Gasteiger partial charge in [0.05, 0.1) is 4.47 Å². The maximum atomic E-state index is 13.4. The van der Waals surface area contributed by atoms with E-state index in [1.807, 2.05) is 32.0 Å². The molecule has 0 unspecified atom stereocenters. The largest absolute Gasteiger partial charge is 0.294 e. The van der Waals surface area contributed by atoms with E-state index in [1.165, 1.54) is 6.07 Å². The third-order valence-corrected chi connectivity index (χ3v) is 4.18. The van der Waals surface area contributed by atoms with Gasteiger partial charge in [-0.05, 0) is 52.5 Å². The molecule has 0 aromatic heterocycles. The first-order chi connectivity index (χ1) is 9.00. The lowest BCUT2D eigenvalue weighted by molar-refractivity contribution is 0.0992. The van der Waals surface area contributed by atoms with Crippen LogP contribution in [0.2, 0.25) is 0 Å². The van der Waals surface area contributed by atoms with Crippen molar-refractivity contribution in [3.8, 4) is 0 Å². The Kier molecular flexibility index (Phi) is 4.15. The maximum Gasteiger partial charge on any atom is 0.167 e. The number of halogens is 2. The molecule has 0 fully saturated rings. The van der Waals surface area contributed by atoms with Gasteiger partial charge < -0.3 is 0 Å². The normalized spacial score (nSPS) is 10.5. The Hall–Kier alpha value is -1.48. The molecule has 0 bridgehead atoms. The van der Waals surface area contributed by atoms with Gasteiger partial charge in [0.15, 0.2) is 5.78 Å². The van der Waals surface area contributed by atoms with Crippen LogP contribution in [-0.2, 0) is 6.42 Å². The van der Waals surface area contributed by atoms with Crippen LogP contribution in [0.5, 0.6) is 0 Å². The smallest absolute Gasteiger partial charge is 0.167 e. The summed E-state index contributed by atoms with van der Waals surface area (Å²) in [6, 6.07) is 10.4. The summed E-state index contributed by atoms with van der Waals surface area (Å²) in [7, 11) is 0. The highest BCUT2D eigenvalue weighted by Crippen LogP contribution is 2.23. The van der Waals surface area contributed by atoms with E-state index in [0.29, 0.717) is 15.6 Å². The molecule has 0 aliphatic rings. The van der Waals surface area contributed by atoms with Gasteiger partial charge in [-0.15, -0.1) is 0 Å². The highest BCUT2D eigenvalue weighted by atomic mass is 79.9. The molecule has 2 rings (SSSR count). The number of carbonyl (C=O) groups excluding carboxylic acids is 1. The van der Waals surface area contributed by atoms with Crippen LogP contribution in [0.1, 0.15) is 27.0 Å². The Morgan fingerprint density at radius 2 is 1.84 bits per heavy atom. The predicted octanol–water partition coefficient (Wildman–Crippen LogP) is 4.63. The van der Waals surface area contributed by atoms with Gasteiger partial charge in [0, 0.05) is 12.0 Å². The second kappa shape index (κ2) is 5.66. The van der Waals surface area contributed by atoms with Crippen LogP contribution in [0.15, 0.2) is 40.9 Å². The molecular weight excluding hydrogens is 307 g/mol. The average Bonchev–Trinajstić information content (AvgIpc) is 2.38. The van der Waals surface area contributed by atoms with Crippen LogP contribution >= 0.6 is 15.9 Å². The van der Waals surface area contributed by atoms with Gasteiger partial charge in [-0.25, -0.2) is 4.39 Å². The zero-order valence-electron chi connectivity index (χ0n) is 10.8. The van der Waals surface area contributed by atoms with Crippen molar-refractivity contribution < 1.29 is 9.18 Å². The summed E-state index contributed by atoms with van der Waals surface area (Å²) < 4.78 is 13.8. The third-order valence-electron chi connectivity index (χ3n) is 3.29. The van der Waals surface area contributed by atoms with E-state index in [1.54, 1.807) is 12.1 Å². The van der Waals surface area contributed by atoms with Gasteiger partial charge in [0.2, 0.25) is 0 Å². The van der Waals surface area contributed by atoms with E-state index >= 15 is 0 Å². The molecule has 19 heavy (non-hydrogen) atoms. The lowest BCUT2D eigenvalue weighted by Crippen LogP contribution is -2.07. The third kappa shape index (κ3) is 2.92. The summed E-state index contributed by atoms with van der Waals surface area (Å²) in [5, 5.41) is 0. The number of Topliss-reactive ketones (excluding diaryl/α,β-unsaturated/α-hetero) is 1. The molecule has 0 amide bonds. The SMILES string of the molecule is Cc1cccc(C(=O)Cc2cccc(F)c2Br)c1C. The van der Waals surface area contributed by atoms with E-state index in [0.717, 1.165) is 11.1 Å². The minimum Gasteiger partial charge on any atom is -0.294 e. The Balaban J connectivity index is 2.31. The van der Waals surface area contributed by atoms with Crippen LogP contribution in [-0.4, -0.2) is 5.78 Å². The van der Waals surface area contributed by atoms with Crippen molar-refractivity contribution in [1.82, 2.24) is 0 Å². The molecule has 0 aliphatic carbocycles. The van der Waals surface area contributed by atoms with Crippen LogP contribution in [0, 0.1) is 19.7 Å². The maximum absolute atomic E-state index is 13.4. The molecule has 98 valence electrons. The van der Waals surface area contributed by atoms with Gasteiger partial charge in [-0.1, -0.05) is 30.3 Å². The van der Waals surface area contributed by atoms with Crippen molar-refractivity contribution in [3.63, 3.8) is 0 Å².